The largest absolute Gasteiger partial charge is 0.320 e. The number of hydrogen-bond donors (Lipinski definition) is 2. The second kappa shape index (κ2) is 7.48. The van der Waals surface area contributed by atoms with Crippen LogP contribution in [0.5, 0.6) is 0 Å². The SMILES string of the molecule is CC(C)C(C)NS(=O)(=O)c1c(Cl)cc(C#CCN)cc1Cl. The van der Waals surface area contributed by atoms with Crippen LogP contribution in [0.3, 0.4) is 0 Å². The van der Waals surface area contributed by atoms with E-state index in [0.29, 0.717) is 5.56 Å². The van der Waals surface area contributed by atoms with Crippen molar-refractivity contribution in [1.82, 2.24) is 4.72 Å². The zero-order valence-electron chi connectivity index (χ0n) is 12.1. The van der Waals surface area contributed by atoms with Crippen molar-refractivity contribution < 1.29 is 8.42 Å². The van der Waals surface area contributed by atoms with Crippen LogP contribution in [-0.4, -0.2) is 21.0 Å². The van der Waals surface area contributed by atoms with Crippen molar-refractivity contribution in [2.45, 2.75) is 31.7 Å². The molecule has 21 heavy (non-hydrogen) atoms. The van der Waals surface area contributed by atoms with Crippen molar-refractivity contribution >= 4 is 33.2 Å². The molecule has 4 nitrogen and oxygen atoms in total. The van der Waals surface area contributed by atoms with Gasteiger partial charge in [0.05, 0.1) is 16.6 Å². The lowest BCUT2D eigenvalue weighted by molar-refractivity contribution is 0.476. The highest BCUT2D eigenvalue weighted by molar-refractivity contribution is 7.89. The van der Waals surface area contributed by atoms with Gasteiger partial charge in [-0.2, -0.15) is 0 Å². The average molecular weight is 349 g/mol. The molecule has 7 heteroatoms. The second-order valence-corrected chi connectivity index (χ2v) is 7.39. The lowest BCUT2D eigenvalue weighted by atomic mass is 10.1. The summed E-state index contributed by atoms with van der Waals surface area (Å²) in [6, 6.07) is 2.69. The van der Waals surface area contributed by atoms with Crippen LogP contribution in [0.4, 0.5) is 0 Å². The predicted octanol–water partition coefficient (Wildman–Crippen LogP) is 2.63. The van der Waals surface area contributed by atoms with E-state index >= 15 is 0 Å². The molecule has 116 valence electrons. The maximum absolute atomic E-state index is 12.4. The molecule has 1 rings (SSSR count). The summed E-state index contributed by atoms with van der Waals surface area (Å²) >= 11 is 12.1. The number of halogens is 2. The topological polar surface area (TPSA) is 72.2 Å². The molecule has 0 aliphatic carbocycles. The van der Waals surface area contributed by atoms with Gasteiger partial charge in [0.15, 0.2) is 0 Å². The maximum atomic E-state index is 12.4. The molecule has 0 spiro atoms. The maximum Gasteiger partial charge on any atom is 0.243 e. The van der Waals surface area contributed by atoms with E-state index in [1.54, 1.807) is 6.92 Å². The number of nitrogens with two attached hydrogens (primary N) is 1. The van der Waals surface area contributed by atoms with Crippen molar-refractivity contribution in [3.63, 3.8) is 0 Å². The Morgan fingerprint density at radius 2 is 1.76 bits per heavy atom. The van der Waals surface area contributed by atoms with Gasteiger partial charge in [0, 0.05) is 11.6 Å². The summed E-state index contributed by atoms with van der Waals surface area (Å²) in [6.07, 6.45) is 0. The Morgan fingerprint density at radius 1 is 1.24 bits per heavy atom. The van der Waals surface area contributed by atoms with Crippen LogP contribution in [-0.2, 0) is 10.0 Å². The Kier molecular flexibility index (Phi) is 6.51. The van der Waals surface area contributed by atoms with Gasteiger partial charge in [0.25, 0.3) is 0 Å². The summed E-state index contributed by atoms with van der Waals surface area (Å²) in [5.74, 6) is 5.57. The lowest BCUT2D eigenvalue weighted by Gasteiger charge is -2.18. The summed E-state index contributed by atoms with van der Waals surface area (Å²) in [6.45, 7) is 5.82. The molecule has 0 fully saturated rings. The predicted molar refractivity (Wildman–Crippen MR) is 87.0 cm³/mol. The summed E-state index contributed by atoms with van der Waals surface area (Å²) < 4.78 is 27.3. The van der Waals surface area contributed by atoms with E-state index in [0.717, 1.165) is 0 Å². The van der Waals surface area contributed by atoms with Gasteiger partial charge < -0.3 is 5.73 Å². The van der Waals surface area contributed by atoms with E-state index in [9.17, 15) is 8.42 Å². The molecule has 1 unspecified atom stereocenters. The van der Waals surface area contributed by atoms with Gasteiger partial charge in [-0.15, -0.1) is 0 Å². The van der Waals surface area contributed by atoms with Gasteiger partial charge >= 0.3 is 0 Å². The molecule has 0 amide bonds. The van der Waals surface area contributed by atoms with E-state index < -0.39 is 10.0 Å². The number of sulfonamides is 1. The number of nitrogens with one attached hydrogen (secondary N) is 1. The molecule has 0 aromatic heterocycles. The Hall–Kier alpha value is -0.770. The minimum absolute atomic E-state index is 0.0345. The van der Waals surface area contributed by atoms with Crippen molar-refractivity contribution in [3.05, 3.63) is 27.7 Å². The molecule has 0 bridgehead atoms. The molecule has 0 radical (unpaired) electrons. The van der Waals surface area contributed by atoms with Crippen LogP contribution in [0.25, 0.3) is 0 Å². The highest BCUT2D eigenvalue weighted by Gasteiger charge is 2.25. The monoisotopic (exact) mass is 348 g/mol. The Labute approximate surface area is 136 Å². The first kappa shape index (κ1) is 18.3. The first-order valence-electron chi connectivity index (χ1n) is 6.39. The number of benzene rings is 1. The molecular formula is C14H18Cl2N2O2S. The summed E-state index contributed by atoms with van der Waals surface area (Å²) in [7, 11) is -3.79. The number of rotatable bonds is 4. The van der Waals surface area contributed by atoms with Gasteiger partial charge in [-0.3, -0.25) is 0 Å². The number of hydrogen-bond acceptors (Lipinski definition) is 3. The molecule has 0 aliphatic heterocycles. The van der Waals surface area contributed by atoms with E-state index in [4.69, 9.17) is 28.9 Å². The zero-order chi connectivity index (χ0) is 16.2. The Balaban J connectivity index is 3.25. The summed E-state index contributed by atoms with van der Waals surface area (Å²) in [5.41, 5.74) is 5.81. The van der Waals surface area contributed by atoms with Crippen molar-refractivity contribution in [3.8, 4) is 11.8 Å². The first-order valence-corrected chi connectivity index (χ1v) is 8.63. The average Bonchev–Trinajstić information content (AvgIpc) is 2.34. The van der Waals surface area contributed by atoms with E-state index in [1.165, 1.54) is 12.1 Å². The molecule has 1 aromatic carbocycles. The second-order valence-electron chi connectivity index (χ2n) is 4.93. The van der Waals surface area contributed by atoms with E-state index in [-0.39, 0.29) is 33.4 Å². The molecule has 0 aliphatic rings. The zero-order valence-corrected chi connectivity index (χ0v) is 14.4. The molecule has 0 heterocycles. The summed E-state index contributed by atoms with van der Waals surface area (Å²) in [5, 5.41) is 0.0690. The fourth-order valence-electron chi connectivity index (χ4n) is 1.48. The van der Waals surface area contributed by atoms with Gasteiger partial charge in [-0.25, -0.2) is 13.1 Å². The van der Waals surface area contributed by atoms with Gasteiger partial charge in [-0.1, -0.05) is 48.9 Å². The smallest absolute Gasteiger partial charge is 0.243 e. The van der Waals surface area contributed by atoms with Crippen molar-refractivity contribution in [2.24, 2.45) is 11.7 Å². The third-order valence-corrected chi connectivity index (χ3v) is 5.42. The summed E-state index contributed by atoms with van der Waals surface area (Å²) in [4.78, 5) is -0.128. The molecule has 1 atom stereocenters. The first-order chi connectivity index (χ1) is 9.69. The van der Waals surface area contributed by atoms with Crippen LogP contribution < -0.4 is 10.5 Å². The minimum atomic E-state index is -3.79. The van der Waals surface area contributed by atoms with Crippen LogP contribution in [0, 0.1) is 17.8 Å². The minimum Gasteiger partial charge on any atom is -0.320 e. The van der Waals surface area contributed by atoms with Crippen molar-refractivity contribution in [2.75, 3.05) is 6.54 Å². The standard InChI is InChI=1S/C14H18Cl2N2O2S/c1-9(2)10(3)18-21(19,20)14-12(15)7-11(5-4-6-17)8-13(14)16/h7-10,18H,6,17H2,1-3H3. The molecule has 3 N–H and O–H groups in total. The Morgan fingerprint density at radius 3 is 2.19 bits per heavy atom. The molecule has 0 saturated carbocycles. The van der Waals surface area contributed by atoms with Crippen LogP contribution in [0.2, 0.25) is 10.0 Å². The highest BCUT2D eigenvalue weighted by Crippen LogP contribution is 2.31. The van der Waals surface area contributed by atoms with E-state index in [2.05, 4.69) is 16.6 Å². The van der Waals surface area contributed by atoms with Crippen molar-refractivity contribution in [1.29, 1.82) is 0 Å². The Bertz CT molecular complexity index is 653. The van der Waals surface area contributed by atoms with Gasteiger partial charge in [0.1, 0.15) is 4.90 Å². The van der Waals surface area contributed by atoms with Crippen LogP contribution in [0.15, 0.2) is 17.0 Å². The fraction of sp³-hybridized carbons (Fsp3) is 0.429. The molecule has 1 aromatic rings. The third kappa shape index (κ3) is 4.87. The quantitative estimate of drug-likeness (QED) is 0.821. The van der Waals surface area contributed by atoms with Gasteiger partial charge in [0.2, 0.25) is 10.0 Å². The van der Waals surface area contributed by atoms with Crippen LogP contribution >= 0.6 is 23.2 Å². The van der Waals surface area contributed by atoms with Gasteiger partial charge in [-0.05, 0) is 25.0 Å². The van der Waals surface area contributed by atoms with Crippen LogP contribution in [0.1, 0.15) is 26.3 Å². The highest BCUT2D eigenvalue weighted by atomic mass is 35.5. The molecule has 0 saturated heterocycles. The van der Waals surface area contributed by atoms with E-state index in [1.807, 2.05) is 13.8 Å². The lowest BCUT2D eigenvalue weighted by Crippen LogP contribution is -2.36. The third-order valence-electron chi connectivity index (χ3n) is 2.94. The normalized spacial score (nSPS) is 12.9. The molecular weight excluding hydrogens is 331 g/mol. The fourth-order valence-corrected chi connectivity index (χ4v) is 4.09.